The molecule has 0 N–H and O–H groups in total. The number of hydrogen-bond acceptors (Lipinski definition) is 5. The summed E-state index contributed by atoms with van der Waals surface area (Å²) in [7, 11) is 1.73. The smallest absolute Gasteiger partial charge is 0.164 e. The average molecular weight is 272 g/mol. The molecule has 5 nitrogen and oxygen atoms in total. The second kappa shape index (κ2) is 4.40. The molecule has 2 saturated heterocycles. The lowest BCUT2D eigenvalue weighted by molar-refractivity contribution is -0.323. The third-order valence-corrected chi connectivity index (χ3v) is 4.22. The fourth-order valence-electron chi connectivity index (χ4n) is 3.42. The van der Waals surface area contributed by atoms with Gasteiger partial charge in [-0.1, -0.05) is 0 Å². The van der Waals surface area contributed by atoms with Crippen LogP contribution in [0.2, 0.25) is 0 Å². The summed E-state index contributed by atoms with van der Waals surface area (Å²) in [4.78, 5) is 0. The van der Waals surface area contributed by atoms with Gasteiger partial charge >= 0.3 is 0 Å². The Kier molecular flexibility index (Phi) is 3.19. The Bertz CT molecular complexity index is 354. The molecule has 3 aliphatic rings. The van der Waals surface area contributed by atoms with Crippen LogP contribution >= 0.6 is 0 Å². The van der Waals surface area contributed by atoms with E-state index in [0.29, 0.717) is 12.5 Å². The molecule has 19 heavy (non-hydrogen) atoms. The summed E-state index contributed by atoms with van der Waals surface area (Å²) in [6.07, 6.45) is 0.804. The van der Waals surface area contributed by atoms with Crippen molar-refractivity contribution in [1.29, 1.82) is 0 Å². The first kappa shape index (κ1) is 13.8. The fraction of sp³-hybridized carbons (Fsp3) is 1.00. The molecule has 0 unspecified atom stereocenters. The highest BCUT2D eigenvalue weighted by atomic mass is 16.8. The highest BCUT2D eigenvalue weighted by Gasteiger charge is 2.57. The first-order chi connectivity index (χ1) is 8.81. The Balaban J connectivity index is 1.85. The third-order valence-electron chi connectivity index (χ3n) is 4.22. The SMILES string of the molecule is CO[C@H]1C[C@@H]2COC(C)(C)O[C@@H]2[C@@H]2OC(C)(C)O[C@@H]21. The molecule has 3 fully saturated rings. The molecule has 5 atom stereocenters. The predicted octanol–water partition coefficient (Wildman–Crippen LogP) is 1.69. The van der Waals surface area contributed by atoms with Gasteiger partial charge in [0, 0.05) is 13.0 Å². The van der Waals surface area contributed by atoms with E-state index in [1.807, 2.05) is 27.7 Å². The summed E-state index contributed by atoms with van der Waals surface area (Å²) in [5.41, 5.74) is 0. The summed E-state index contributed by atoms with van der Waals surface area (Å²) in [6, 6.07) is 0. The lowest BCUT2D eigenvalue weighted by Crippen LogP contribution is -2.59. The van der Waals surface area contributed by atoms with Crippen molar-refractivity contribution in [2.24, 2.45) is 5.92 Å². The molecule has 0 bridgehead atoms. The molecule has 110 valence electrons. The van der Waals surface area contributed by atoms with Gasteiger partial charge in [-0.3, -0.25) is 0 Å². The van der Waals surface area contributed by atoms with E-state index < -0.39 is 11.6 Å². The molecule has 3 rings (SSSR count). The first-order valence-corrected chi connectivity index (χ1v) is 7.01. The van der Waals surface area contributed by atoms with Crippen LogP contribution < -0.4 is 0 Å². The summed E-state index contributed by atoms with van der Waals surface area (Å²) in [6.45, 7) is 8.46. The van der Waals surface area contributed by atoms with Gasteiger partial charge in [-0.25, -0.2) is 0 Å². The second-order valence-electron chi connectivity index (χ2n) is 6.63. The Morgan fingerprint density at radius 3 is 2.21 bits per heavy atom. The van der Waals surface area contributed by atoms with E-state index >= 15 is 0 Å². The largest absolute Gasteiger partial charge is 0.379 e. The minimum Gasteiger partial charge on any atom is -0.379 e. The first-order valence-electron chi connectivity index (χ1n) is 7.01. The molecule has 0 aromatic carbocycles. The minimum absolute atomic E-state index is 0.0157. The monoisotopic (exact) mass is 272 g/mol. The van der Waals surface area contributed by atoms with E-state index in [1.54, 1.807) is 7.11 Å². The summed E-state index contributed by atoms with van der Waals surface area (Å²) in [5.74, 6) is -0.828. The number of hydrogen-bond donors (Lipinski definition) is 0. The Labute approximate surface area is 114 Å². The van der Waals surface area contributed by atoms with Crippen molar-refractivity contribution in [1.82, 2.24) is 0 Å². The molecule has 0 radical (unpaired) electrons. The van der Waals surface area contributed by atoms with Gasteiger partial charge in [-0.05, 0) is 34.1 Å². The molecule has 5 heteroatoms. The van der Waals surface area contributed by atoms with E-state index in [2.05, 4.69) is 0 Å². The molecule has 0 aromatic rings. The lowest BCUT2D eigenvalue weighted by Gasteiger charge is -2.48. The zero-order valence-corrected chi connectivity index (χ0v) is 12.3. The van der Waals surface area contributed by atoms with E-state index in [-0.39, 0.29) is 24.4 Å². The number of methoxy groups -OCH3 is 1. The zero-order chi connectivity index (χ0) is 13.8. The van der Waals surface area contributed by atoms with Crippen LogP contribution in [0, 0.1) is 5.92 Å². The third kappa shape index (κ3) is 2.43. The van der Waals surface area contributed by atoms with Crippen LogP contribution in [-0.4, -0.2) is 49.7 Å². The van der Waals surface area contributed by atoms with Crippen LogP contribution in [0.15, 0.2) is 0 Å². The van der Waals surface area contributed by atoms with Crippen molar-refractivity contribution >= 4 is 0 Å². The summed E-state index contributed by atoms with van der Waals surface area (Å²) < 4.78 is 29.5. The average Bonchev–Trinajstić information content (AvgIpc) is 2.63. The highest BCUT2D eigenvalue weighted by molar-refractivity contribution is 5.01. The molecule has 2 aliphatic heterocycles. The van der Waals surface area contributed by atoms with Crippen molar-refractivity contribution in [3.8, 4) is 0 Å². The quantitative estimate of drug-likeness (QED) is 0.727. The Hall–Kier alpha value is -0.200. The second-order valence-corrected chi connectivity index (χ2v) is 6.63. The molecule has 2 heterocycles. The van der Waals surface area contributed by atoms with Crippen molar-refractivity contribution < 1.29 is 23.7 Å². The van der Waals surface area contributed by atoms with Crippen LogP contribution in [0.4, 0.5) is 0 Å². The molecule has 0 spiro atoms. The Morgan fingerprint density at radius 2 is 1.53 bits per heavy atom. The van der Waals surface area contributed by atoms with E-state index in [0.717, 1.165) is 6.42 Å². The molecule has 1 saturated carbocycles. The zero-order valence-electron chi connectivity index (χ0n) is 12.3. The number of ether oxygens (including phenoxy) is 5. The fourth-order valence-corrected chi connectivity index (χ4v) is 3.42. The van der Waals surface area contributed by atoms with Crippen molar-refractivity contribution in [2.75, 3.05) is 13.7 Å². The van der Waals surface area contributed by atoms with Crippen molar-refractivity contribution in [3.63, 3.8) is 0 Å². The van der Waals surface area contributed by atoms with Gasteiger partial charge in [0.1, 0.15) is 12.2 Å². The van der Waals surface area contributed by atoms with E-state index in [4.69, 9.17) is 23.7 Å². The maximum absolute atomic E-state index is 6.10. The Morgan fingerprint density at radius 1 is 0.895 bits per heavy atom. The number of fused-ring (bicyclic) bond motifs is 3. The van der Waals surface area contributed by atoms with E-state index in [1.165, 1.54) is 0 Å². The topological polar surface area (TPSA) is 46.2 Å². The summed E-state index contributed by atoms with van der Waals surface area (Å²) in [5, 5.41) is 0. The molecule has 0 aromatic heterocycles. The predicted molar refractivity (Wildman–Crippen MR) is 67.6 cm³/mol. The highest BCUT2D eigenvalue weighted by Crippen LogP contribution is 2.44. The van der Waals surface area contributed by atoms with Crippen LogP contribution in [0.5, 0.6) is 0 Å². The van der Waals surface area contributed by atoms with Gasteiger partial charge < -0.3 is 23.7 Å². The van der Waals surface area contributed by atoms with Gasteiger partial charge in [-0.2, -0.15) is 0 Å². The van der Waals surface area contributed by atoms with Gasteiger partial charge in [-0.15, -0.1) is 0 Å². The van der Waals surface area contributed by atoms with Gasteiger partial charge in [0.25, 0.3) is 0 Å². The maximum Gasteiger partial charge on any atom is 0.164 e. The van der Waals surface area contributed by atoms with E-state index in [9.17, 15) is 0 Å². The standard InChI is InChI=1S/C14H24O5/c1-13(2)16-7-8-6-9(15-5)11-12(10(8)17-13)19-14(3,4)18-11/h8-12H,6-7H2,1-5H3/t8-,9+,10+,11-,12+/m1/s1. The molecular formula is C14H24O5. The van der Waals surface area contributed by atoms with Crippen LogP contribution in [0.25, 0.3) is 0 Å². The molecular weight excluding hydrogens is 248 g/mol. The lowest BCUT2D eigenvalue weighted by atomic mass is 9.80. The van der Waals surface area contributed by atoms with Gasteiger partial charge in [0.2, 0.25) is 0 Å². The van der Waals surface area contributed by atoms with Gasteiger partial charge in [0.05, 0.1) is 18.8 Å². The minimum atomic E-state index is -0.577. The van der Waals surface area contributed by atoms with Crippen LogP contribution in [-0.2, 0) is 23.7 Å². The molecule has 1 aliphatic carbocycles. The maximum atomic E-state index is 6.10. The molecule has 0 amide bonds. The normalized spacial score (nSPS) is 47.5. The van der Waals surface area contributed by atoms with Gasteiger partial charge in [0.15, 0.2) is 11.6 Å². The van der Waals surface area contributed by atoms with Crippen LogP contribution in [0.3, 0.4) is 0 Å². The number of rotatable bonds is 1. The van der Waals surface area contributed by atoms with Crippen molar-refractivity contribution in [3.05, 3.63) is 0 Å². The van der Waals surface area contributed by atoms with Crippen molar-refractivity contribution in [2.45, 2.75) is 70.1 Å². The summed E-state index contributed by atoms with van der Waals surface area (Å²) >= 11 is 0. The van der Waals surface area contributed by atoms with Crippen LogP contribution in [0.1, 0.15) is 34.1 Å².